The lowest BCUT2D eigenvalue weighted by Gasteiger charge is -2.37. The molecule has 5 heteroatoms. The quantitative estimate of drug-likeness (QED) is 0.882. The molecule has 19 heavy (non-hydrogen) atoms. The zero-order valence-electron chi connectivity index (χ0n) is 10.7. The first-order valence-electron chi connectivity index (χ1n) is 6.49. The van der Waals surface area contributed by atoms with Crippen LogP contribution in [-0.2, 0) is 14.9 Å². The zero-order chi connectivity index (χ0) is 13.5. The first-order valence-corrected chi connectivity index (χ1v) is 7.28. The molecule has 4 nitrogen and oxygen atoms in total. The average molecular weight is 323 g/mol. The highest BCUT2D eigenvalue weighted by molar-refractivity contribution is 9.10. The lowest BCUT2D eigenvalue weighted by Crippen LogP contribution is -2.44. The van der Waals surface area contributed by atoms with Crippen molar-refractivity contribution >= 4 is 32.9 Å². The maximum absolute atomic E-state index is 12.2. The van der Waals surface area contributed by atoms with Crippen LogP contribution in [-0.4, -0.2) is 22.5 Å². The Morgan fingerprint density at radius 3 is 2.95 bits per heavy atom. The van der Waals surface area contributed by atoms with Gasteiger partial charge in [-0.05, 0) is 38.0 Å². The molecule has 1 aliphatic rings. The second-order valence-corrected chi connectivity index (χ2v) is 5.82. The second-order valence-electron chi connectivity index (χ2n) is 4.90. The Bertz CT molecular complexity index is 631. The molecule has 0 aliphatic heterocycles. The molecule has 0 bridgehead atoms. The van der Waals surface area contributed by atoms with Gasteiger partial charge in [0.25, 0.3) is 0 Å². The number of carbonyl (C=O) groups excluding carboxylic acids is 1. The first-order chi connectivity index (χ1) is 9.15. The Balaban J connectivity index is 2.04. The van der Waals surface area contributed by atoms with E-state index in [9.17, 15) is 4.79 Å². The number of fused-ring (bicyclic) bond motifs is 1. The number of ether oxygens (including phenoxy) is 1. The van der Waals surface area contributed by atoms with Crippen LogP contribution in [0.2, 0.25) is 0 Å². The molecular weight excluding hydrogens is 308 g/mol. The maximum atomic E-state index is 12.2. The van der Waals surface area contributed by atoms with Gasteiger partial charge in [-0.3, -0.25) is 4.79 Å². The van der Waals surface area contributed by atoms with Crippen LogP contribution in [0, 0.1) is 0 Å². The number of aromatic nitrogens is 2. The number of carbonyl (C=O) groups is 1. The predicted octanol–water partition coefficient (Wildman–Crippen LogP) is 3.31. The topological polar surface area (TPSA) is 55.0 Å². The van der Waals surface area contributed by atoms with Gasteiger partial charge in [0.1, 0.15) is 11.2 Å². The summed E-state index contributed by atoms with van der Waals surface area (Å²) in [6, 6.07) is 5.87. The molecule has 1 saturated carbocycles. The third-order valence-corrected chi connectivity index (χ3v) is 4.26. The molecule has 0 unspecified atom stereocenters. The number of halogens is 1. The summed E-state index contributed by atoms with van der Waals surface area (Å²) in [7, 11) is 0. The lowest BCUT2D eigenvalue weighted by molar-refractivity contribution is -0.154. The Labute approximate surface area is 119 Å². The van der Waals surface area contributed by atoms with Gasteiger partial charge in [0.2, 0.25) is 0 Å². The van der Waals surface area contributed by atoms with Crippen molar-refractivity contribution in [2.75, 3.05) is 6.61 Å². The Morgan fingerprint density at radius 2 is 2.32 bits per heavy atom. The van der Waals surface area contributed by atoms with E-state index < -0.39 is 5.41 Å². The van der Waals surface area contributed by atoms with Gasteiger partial charge in [-0.25, -0.2) is 4.98 Å². The van der Waals surface area contributed by atoms with Crippen molar-refractivity contribution < 1.29 is 9.53 Å². The maximum Gasteiger partial charge on any atom is 0.319 e. The molecule has 1 N–H and O–H groups in total. The number of aromatic amines is 1. The van der Waals surface area contributed by atoms with Crippen LogP contribution in [0.3, 0.4) is 0 Å². The van der Waals surface area contributed by atoms with E-state index in [0.717, 1.165) is 40.6 Å². The summed E-state index contributed by atoms with van der Waals surface area (Å²) in [6.07, 6.45) is 2.67. The summed E-state index contributed by atoms with van der Waals surface area (Å²) >= 11 is 3.44. The van der Waals surface area contributed by atoms with E-state index in [4.69, 9.17) is 4.74 Å². The Hall–Kier alpha value is -1.36. The van der Waals surface area contributed by atoms with Gasteiger partial charge in [0.15, 0.2) is 0 Å². The smallest absolute Gasteiger partial charge is 0.319 e. The van der Waals surface area contributed by atoms with E-state index in [0.29, 0.717) is 6.61 Å². The van der Waals surface area contributed by atoms with Crippen LogP contribution in [0.5, 0.6) is 0 Å². The highest BCUT2D eigenvalue weighted by atomic mass is 79.9. The summed E-state index contributed by atoms with van der Waals surface area (Å²) in [4.78, 5) is 20.1. The summed E-state index contributed by atoms with van der Waals surface area (Å²) in [5, 5.41) is 0. The van der Waals surface area contributed by atoms with Crippen molar-refractivity contribution in [2.45, 2.75) is 31.6 Å². The van der Waals surface area contributed by atoms with Gasteiger partial charge >= 0.3 is 5.97 Å². The first kappa shape index (κ1) is 12.7. The van der Waals surface area contributed by atoms with Gasteiger partial charge in [-0.2, -0.15) is 0 Å². The number of hydrogen-bond acceptors (Lipinski definition) is 3. The van der Waals surface area contributed by atoms with Gasteiger partial charge in [-0.15, -0.1) is 0 Å². The highest BCUT2D eigenvalue weighted by Crippen LogP contribution is 2.44. The largest absolute Gasteiger partial charge is 0.465 e. The van der Waals surface area contributed by atoms with Crippen molar-refractivity contribution in [2.24, 2.45) is 0 Å². The van der Waals surface area contributed by atoms with E-state index in [-0.39, 0.29) is 5.97 Å². The number of hydrogen-bond donors (Lipinski definition) is 1. The van der Waals surface area contributed by atoms with Gasteiger partial charge < -0.3 is 9.72 Å². The van der Waals surface area contributed by atoms with Crippen molar-refractivity contribution in [1.29, 1.82) is 0 Å². The molecule has 1 aromatic carbocycles. The number of benzene rings is 1. The number of imidazole rings is 1. The molecule has 100 valence electrons. The predicted molar refractivity (Wildman–Crippen MR) is 76.0 cm³/mol. The summed E-state index contributed by atoms with van der Waals surface area (Å²) in [5.41, 5.74) is 1.27. The monoisotopic (exact) mass is 322 g/mol. The number of rotatable bonds is 3. The lowest BCUT2D eigenvalue weighted by atomic mass is 9.68. The fourth-order valence-electron chi connectivity index (χ4n) is 2.55. The molecular formula is C14H15BrN2O2. The Kier molecular flexibility index (Phi) is 3.09. The molecule has 3 rings (SSSR count). The zero-order valence-corrected chi connectivity index (χ0v) is 12.3. The van der Waals surface area contributed by atoms with Crippen LogP contribution in [0.25, 0.3) is 11.0 Å². The highest BCUT2D eigenvalue weighted by Gasteiger charge is 2.49. The summed E-state index contributed by atoms with van der Waals surface area (Å²) in [5.74, 6) is 0.588. The van der Waals surface area contributed by atoms with Crippen LogP contribution >= 0.6 is 15.9 Å². The molecule has 1 aromatic heterocycles. The summed E-state index contributed by atoms with van der Waals surface area (Å²) in [6.45, 7) is 2.24. The minimum absolute atomic E-state index is 0.153. The summed E-state index contributed by atoms with van der Waals surface area (Å²) < 4.78 is 6.21. The van der Waals surface area contributed by atoms with E-state index in [2.05, 4.69) is 25.9 Å². The number of H-pyrrole nitrogens is 1. The fourth-order valence-corrected chi connectivity index (χ4v) is 2.91. The average Bonchev–Trinajstić information content (AvgIpc) is 2.70. The number of nitrogens with zero attached hydrogens (tertiary/aromatic N) is 1. The third-order valence-electron chi connectivity index (χ3n) is 3.77. The van der Waals surface area contributed by atoms with Crippen LogP contribution in [0.15, 0.2) is 22.7 Å². The van der Waals surface area contributed by atoms with Crippen molar-refractivity contribution in [3.05, 3.63) is 28.5 Å². The molecule has 1 heterocycles. The van der Waals surface area contributed by atoms with E-state index in [1.54, 1.807) is 0 Å². The van der Waals surface area contributed by atoms with Gasteiger partial charge in [0.05, 0.1) is 17.6 Å². The van der Waals surface area contributed by atoms with E-state index in [1.165, 1.54) is 0 Å². The minimum atomic E-state index is -0.554. The third kappa shape index (κ3) is 1.96. The normalized spacial score (nSPS) is 17.2. The molecule has 0 spiro atoms. The number of nitrogens with one attached hydrogen (secondary N) is 1. The molecule has 0 radical (unpaired) electrons. The molecule has 1 aliphatic carbocycles. The Morgan fingerprint density at radius 1 is 1.53 bits per heavy atom. The van der Waals surface area contributed by atoms with Crippen LogP contribution in [0.4, 0.5) is 0 Å². The van der Waals surface area contributed by atoms with Gasteiger partial charge in [0, 0.05) is 4.47 Å². The van der Waals surface area contributed by atoms with E-state index in [1.807, 2.05) is 25.1 Å². The van der Waals surface area contributed by atoms with Crippen LogP contribution in [0.1, 0.15) is 32.0 Å². The van der Waals surface area contributed by atoms with Gasteiger partial charge in [-0.1, -0.05) is 22.4 Å². The molecule has 0 atom stereocenters. The minimum Gasteiger partial charge on any atom is -0.465 e. The second kappa shape index (κ2) is 4.63. The van der Waals surface area contributed by atoms with Crippen LogP contribution < -0.4 is 0 Å². The van der Waals surface area contributed by atoms with Crippen molar-refractivity contribution in [3.8, 4) is 0 Å². The van der Waals surface area contributed by atoms with Crippen molar-refractivity contribution in [3.63, 3.8) is 0 Å². The number of esters is 1. The SMILES string of the molecule is CCOC(=O)C1(c2nc3ccc(Br)cc3[nH]2)CCC1. The molecule has 2 aromatic rings. The molecule has 1 fully saturated rings. The standard InChI is InChI=1S/C14H15BrN2O2/c1-2-19-13(18)14(6-3-7-14)12-16-10-5-4-9(15)8-11(10)17-12/h4-5,8H,2-3,6-7H2,1H3,(H,16,17). The van der Waals surface area contributed by atoms with E-state index >= 15 is 0 Å². The molecule has 0 saturated heterocycles. The molecule has 0 amide bonds. The van der Waals surface area contributed by atoms with Crippen molar-refractivity contribution in [1.82, 2.24) is 9.97 Å². The fraction of sp³-hybridized carbons (Fsp3) is 0.429.